The van der Waals surface area contributed by atoms with E-state index in [1.54, 1.807) is 0 Å². The minimum atomic E-state index is 0.256. The second-order valence-corrected chi connectivity index (χ2v) is 4.12. The van der Waals surface area contributed by atoms with Crippen molar-refractivity contribution in [3.8, 4) is 0 Å². The zero-order chi connectivity index (χ0) is 12.0. The van der Waals surface area contributed by atoms with Crippen LogP contribution in [0.4, 0.5) is 0 Å². The highest BCUT2D eigenvalue weighted by Crippen LogP contribution is 2.08. The van der Waals surface area contributed by atoms with Crippen molar-refractivity contribution in [3.05, 3.63) is 18.0 Å². The molecule has 16 heavy (non-hydrogen) atoms. The third-order valence-electron chi connectivity index (χ3n) is 2.87. The SMILES string of the molecule is CCOC(C)C(CCc1cnn(C)c1)NC. The Morgan fingerprint density at radius 1 is 1.56 bits per heavy atom. The Labute approximate surface area is 98.0 Å². The molecule has 1 N–H and O–H groups in total. The molecule has 0 spiro atoms. The van der Waals surface area contributed by atoms with Gasteiger partial charge in [-0.3, -0.25) is 4.68 Å². The van der Waals surface area contributed by atoms with Gasteiger partial charge in [0.15, 0.2) is 0 Å². The van der Waals surface area contributed by atoms with Crippen molar-refractivity contribution in [1.29, 1.82) is 0 Å². The first-order valence-electron chi connectivity index (χ1n) is 5.93. The largest absolute Gasteiger partial charge is 0.377 e. The molecule has 0 radical (unpaired) electrons. The van der Waals surface area contributed by atoms with E-state index in [1.807, 2.05) is 31.9 Å². The molecule has 1 heterocycles. The van der Waals surface area contributed by atoms with Crippen LogP contribution in [0.5, 0.6) is 0 Å². The van der Waals surface area contributed by atoms with Gasteiger partial charge in [-0.1, -0.05) is 0 Å². The van der Waals surface area contributed by atoms with Gasteiger partial charge in [0, 0.05) is 25.9 Å². The molecular weight excluding hydrogens is 202 g/mol. The van der Waals surface area contributed by atoms with Crippen LogP contribution in [-0.4, -0.2) is 35.6 Å². The highest BCUT2D eigenvalue weighted by atomic mass is 16.5. The van der Waals surface area contributed by atoms with E-state index in [-0.39, 0.29) is 6.10 Å². The molecule has 0 saturated carbocycles. The number of hydrogen-bond donors (Lipinski definition) is 1. The maximum absolute atomic E-state index is 5.61. The van der Waals surface area contributed by atoms with E-state index in [0.717, 1.165) is 19.4 Å². The van der Waals surface area contributed by atoms with E-state index >= 15 is 0 Å². The smallest absolute Gasteiger partial charge is 0.0699 e. The maximum Gasteiger partial charge on any atom is 0.0699 e. The summed E-state index contributed by atoms with van der Waals surface area (Å²) in [6.45, 7) is 4.92. The fraction of sp³-hybridized carbons (Fsp3) is 0.750. The Bertz CT molecular complexity index is 298. The van der Waals surface area contributed by atoms with Gasteiger partial charge in [0.2, 0.25) is 0 Å². The van der Waals surface area contributed by atoms with E-state index in [1.165, 1.54) is 5.56 Å². The molecule has 2 unspecified atom stereocenters. The summed E-state index contributed by atoms with van der Waals surface area (Å²) in [5, 5.41) is 7.48. The number of nitrogens with one attached hydrogen (secondary N) is 1. The second-order valence-electron chi connectivity index (χ2n) is 4.12. The summed E-state index contributed by atoms with van der Waals surface area (Å²) in [5.41, 5.74) is 1.28. The number of aromatic nitrogens is 2. The van der Waals surface area contributed by atoms with Gasteiger partial charge in [0.25, 0.3) is 0 Å². The molecule has 0 saturated heterocycles. The third kappa shape index (κ3) is 3.94. The topological polar surface area (TPSA) is 39.1 Å². The van der Waals surface area contributed by atoms with E-state index in [4.69, 9.17) is 4.74 Å². The lowest BCUT2D eigenvalue weighted by Gasteiger charge is -2.23. The molecule has 1 rings (SSSR count). The monoisotopic (exact) mass is 225 g/mol. The minimum Gasteiger partial charge on any atom is -0.377 e. The second kappa shape index (κ2) is 6.66. The van der Waals surface area contributed by atoms with Crippen LogP contribution in [0.1, 0.15) is 25.8 Å². The predicted octanol–water partition coefficient (Wildman–Crippen LogP) is 1.37. The van der Waals surface area contributed by atoms with Gasteiger partial charge in [0.05, 0.1) is 12.3 Å². The lowest BCUT2D eigenvalue weighted by Crippen LogP contribution is -2.37. The van der Waals surface area contributed by atoms with Gasteiger partial charge in [-0.05, 0) is 39.3 Å². The van der Waals surface area contributed by atoms with Crippen LogP contribution in [0.15, 0.2) is 12.4 Å². The van der Waals surface area contributed by atoms with Gasteiger partial charge in [-0.25, -0.2) is 0 Å². The van der Waals surface area contributed by atoms with Crippen LogP contribution >= 0.6 is 0 Å². The van der Waals surface area contributed by atoms with Crippen LogP contribution < -0.4 is 5.32 Å². The van der Waals surface area contributed by atoms with Crippen LogP contribution in [-0.2, 0) is 18.2 Å². The van der Waals surface area contributed by atoms with Crippen molar-refractivity contribution in [3.63, 3.8) is 0 Å². The first-order valence-corrected chi connectivity index (χ1v) is 5.93. The fourth-order valence-corrected chi connectivity index (χ4v) is 1.92. The van der Waals surface area contributed by atoms with Crippen LogP contribution in [0, 0.1) is 0 Å². The summed E-state index contributed by atoms with van der Waals surface area (Å²) >= 11 is 0. The van der Waals surface area contributed by atoms with Gasteiger partial charge >= 0.3 is 0 Å². The molecule has 0 aromatic carbocycles. The van der Waals surface area contributed by atoms with Crippen LogP contribution in [0.3, 0.4) is 0 Å². The molecule has 4 heteroatoms. The molecule has 1 aromatic heterocycles. The zero-order valence-electron chi connectivity index (χ0n) is 10.7. The first kappa shape index (κ1) is 13.2. The van der Waals surface area contributed by atoms with Crippen molar-refractivity contribution in [2.45, 2.75) is 38.8 Å². The summed E-state index contributed by atoms with van der Waals surface area (Å²) in [6, 6.07) is 0.403. The molecule has 2 atom stereocenters. The minimum absolute atomic E-state index is 0.256. The van der Waals surface area contributed by atoms with Gasteiger partial charge in [-0.2, -0.15) is 5.10 Å². The molecule has 0 amide bonds. The summed E-state index contributed by atoms with van der Waals surface area (Å²) in [7, 11) is 3.94. The lowest BCUT2D eigenvalue weighted by atomic mass is 10.0. The fourth-order valence-electron chi connectivity index (χ4n) is 1.92. The molecule has 4 nitrogen and oxygen atoms in total. The third-order valence-corrected chi connectivity index (χ3v) is 2.87. The van der Waals surface area contributed by atoms with Crippen molar-refractivity contribution in [2.24, 2.45) is 7.05 Å². The van der Waals surface area contributed by atoms with Gasteiger partial charge in [0.1, 0.15) is 0 Å². The summed E-state index contributed by atoms with van der Waals surface area (Å²) < 4.78 is 7.45. The number of aryl methyl sites for hydroxylation is 2. The quantitative estimate of drug-likeness (QED) is 0.761. The summed E-state index contributed by atoms with van der Waals surface area (Å²) in [6.07, 6.45) is 6.36. The Balaban J connectivity index is 2.39. The highest BCUT2D eigenvalue weighted by Gasteiger charge is 2.15. The van der Waals surface area contributed by atoms with Gasteiger partial charge < -0.3 is 10.1 Å². The molecular formula is C12H23N3O. The Hall–Kier alpha value is -0.870. The van der Waals surface area contributed by atoms with Crippen molar-refractivity contribution >= 4 is 0 Å². The lowest BCUT2D eigenvalue weighted by molar-refractivity contribution is 0.0474. The molecule has 0 aliphatic rings. The van der Waals surface area contributed by atoms with Crippen molar-refractivity contribution < 1.29 is 4.74 Å². The van der Waals surface area contributed by atoms with Crippen LogP contribution in [0.25, 0.3) is 0 Å². The molecule has 0 aliphatic carbocycles. The molecule has 0 bridgehead atoms. The van der Waals surface area contributed by atoms with Crippen molar-refractivity contribution in [1.82, 2.24) is 15.1 Å². The summed E-state index contributed by atoms with van der Waals surface area (Å²) in [4.78, 5) is 0. The molecule has 0 fully saturated rings. The average molecular weight is 225 g/mol. The predicted molar refractivity (Wildman–Crippen MR) is 65.5 cm³/mol. The number of hydrogen-bond acceptors (Lipinski definition) is 3. The molecule has 1 aromatic rings. The van der Waals surface area contributed by atoms with Crippen molar-refractivity contribution in [2.75, 3.05) is 13.7 Å². The maximum atomic E-state index is 5.61. The summed E-state index contributed by atoms with van der Waals surface area (Å²) in [5.74, 6) is 0. The normalized spacial score (nSPS) is 15.0. The Morgan fingerprint density at radius 2 is 2.31 bits per heavy atom. The number of rotatable bonds is 7. The average Bonchev–Trinajstić information content (AvgIpc) is 2.65. The van der Waals surface area contributed by atoms with E-state index < -0.39 is 0 Å². The van der Waals surface area contributed by atoms with E-state index in [0.29, 0.717) is 6.04 Å². The van der Waals surface area contributed by atoms with Gasteiger partial charge in [-0.15, -0.1) is 0 Å². The van der Waals surface area contributed by atoms with Crippen LogP contribution in [0.2, 0.25) is 0 Å². The molecule has 0 aliphatic heterocycles. The number of likely N-dealkylation sites (N-methyl/N-ethyl adjacent to an activating group) is 1. The highest BCUT2D eigenvalue weighted by molar-refractivity contribution is 5.04. The Morgan fingerprint density at radius 3 is 2.81 bits per heavy atom. The first-order chi connectivity index (χ1) is 7.67. The number of ether oxygens (including phenoxy) is 1. The standard InChI is InChI=1S/C12H23N3O/c1-5-16-10(2)12(13-3)7-6-11-8-14-15(4)9-11/h8-10,12-13H,5-7H2,1-4H3. The Kier molecular flexibility index (Phi) is 5.49. The van der Waals surface area contributed by atoms with E-state index in [2.05, 4.69) is 23.5 Å². The van der Waals surface area contributed by atoms with E-state index in [9.17, 15) is 0 Å². The number of nitrogens with zero attached hydrogens (tertiary/aromatic N) is 2. The molecule has 92 valence electrons. The zero-order valence-corrected chi connectivity index (χ0v) is 10.7.